The van der Waals surface area contributed by atoms with Crippen LogP contribution < -0.4 is 10.1 Å². The van der Waals surface area contributed by atoms with Gasteiger partial charge in [-0.15, -0.1) is 24.0 Å². The van der Waals surface area contributed by atoms with Crippen molar-refractivity contribution < 1.29 is 14.2 Å². The number of hydrogen-bond donors (Lipinski definition) is 1. The van der Waals surface area contributed by atoms with Crippen molar-refractivity contribution in [2.75, 3.05) is 54.2 Å². The first-order chi connectivity index (χ1) is 12.2. The molecule has 0 bridgehead atoms. The summed E-state index contributed by atoms with van der Waals surface area (Å²) in [5.74, 6) is 2.43. The summed E-state index contributed by atoms with van der Waals surface area (Å²) in [6, 6.07) is 6.25. The van der Waals surface area contributed by atoms with Gasteiger partial charge in [-0.3, -0.25) is 4.99 Å². The summed E-state index contributed by atoms with van der Waals surface area (Å²) >= 11 is 0. The van der Waals surface area contributed by atoms with Crippen molar-refractivity contribution in [3.63, 3.8) is 0 Å². The van der Waals surface area contributed by atoms with Crippen molar-refractivity contribution in [1.29, 1.82) is 0 Å². The predicted octanol–water partition coefficient (Wildman–Crippen LogP) is 2.68. The van der Waals surface area contributed by atoms with E-state index in [1.54, 1.807) is 14.2 Å². The molecule has 1 unspecified atom stereocenters. The van der Waals surface area contributed by atoms with Crippen molar-refractivity contribution in [2.45, 2.75) is 19.9 Å². The maximum Gasteiger partial charge on any atom is 0.193 e. The summed E-state index contributed by atoms with van der Waals surface area (Å²) in [5.41, 5.74) is 2.37. The number of aryl methyl sites for hydroxylation is 1. The number of guanidine groups is 1. The number of rotatable bonds is 8. The van der Waals surface area contributed by atoms with Crippen molar-refractivity contribution in [3.05, 3.63) is 29.3 Å². The van der Waals surface area contributed by atoms with Crippen molar-refractivity contribution >= 4 is 29.9 Å². The molecule has 1 aromatic carbocycles. The summed E-state index contributed by atoms with van der Waals surface area (Å²) in [7, 11) is 5.23. The minimum Gasteiger partial charge on any atom is -0.496 e. The van der Waals surface area contributed by atoms with Gasteiger partial charge in [-0.05, 0) is 30.5 Å². The van der Waals surface area contributed by atoms with Crippen LogP contribution in [0.2, 0.25) is 0 Å². The number of likely N-dealkylation sites (tertiary alicyclic amines) is 1. The number of ether oxygens (including phenoxy) is 3. The number of benzene rings is 1. The van der Waals surface area contributed by atoms with E-state index in [-0.39, 0.29) is 24.0 Å². The predicted molar refractivity (Wildman–Crippen MR) is 116 cm³/mol. The molecule has 0 saturated carbocycles. The third kappa shape index (κ3) is 6.92. The van der Waals surface area contributed by atoms with Crippen LogP contribution in [0.4, 0.5) is 0 Å². The van der Waals surface area contributed by atoms with Gasteiger partial charge in [-0.1, -0.05) is 12.1 Å². The van der Waals surface area contributed by atoms with Gasteiger partial charge in [0.25, 0.3) is 0 Å². The van der Waals surface area contributed by atoms with Gasteiger partial charge in [0.05, 0.1) is 26.9 Å². The van der Waals surface area contributed by atoms with E-state index < -0.39 is 0 Å². The van der Waals surface area contributed by atoms with E-state index in [1.807, 2.05) is 13.1 Å². The Bertz CT molecular complexity index is 569. The molecular formula is C19H32IN3O3. The van der Waals surface area contributed by atoms with Gasteiger partial charge in [0, 0.05) is 39.7 Å². The molecule has 1 N–H and O–H groups in total. The molecular weight excluding hydrogens is 445 g/mol. The van der Waals surface area contributed by atoms with Crippen LogP contribution >= 0.6 is 24.0 Å². The summed E-state index contributed by atoms with van der Waals surface area (Å²) < 4.78 is 16.0. The molecule has 1 heterocycles. The Hall–Kier alpha value is -1.06. The Kier molecular flexibility index (Phi) is 10.9. The topological polar surface area (TPSA) is 55.3 Å². The van der Waals surface area contributed by atoms with Gasteiger partial charge in [0.2, 0.25) is 0 Å². The summed E-state index contributed by atoms with van der Waals surface area (Å²) in [4.78, 5) is 6.74. The Balaban J connectivity index is 0.00000338. The Labute approximate surface area is 174 Å². The van der Waals surface area contributed by atoms with Crippen molar-refractivity contribution in [3.8, 4) is 5.75 Å². The first-order valence-corrected chi connectivity index (χ1v) is 8.83. The van der Waals surface area contributed by atoms with Crippen LogP contribution in [-0.4, -0.2) is 65.0 Å². The zero-order valence-electron chi connectivity index (χ0n) is 16.3. The SMILES string of the molecule is CN=C(NCc1ccc(OC)c(C)c1)N1CCC(COCCOC)C1.I. The second-order valence-corrected chi connectivity index (χ2v) is 6.37. The van der Waals surface area contributed by atoms with Gasteiger partial charge in [-0.2, -0.15) is 0 Å². The van der Waals surface area contributed by atoms with E-state index in [9.17, 15) is 0 Å². The second-order valence-electron chi connectivity index (χ2n) is 6.37. The van der Waals surface area contributed by atoms with Gasteiger partial charge in [0.15, 0.2) is 5.96 Å². The monoisotopic (exact) mass is 477 g/mol. The molecule has 1 aliphatic rings. The van der Waals surface area contributed by atoms with Gasteiger partial charge in [-0.25, -0.2) is 0 Å². The average Bonchev–Trinajstić information content (AvgIpc) is 3.08. The molecule has 1 fully saturated rings. The molecule has 1 atom stereocenters. The molecule has 6 nitrogen and oxygen atoms in total. The van der Waals surface area contributed by atoms with Crippen LogP contribution in [0, 0.1) is 12.8 Å². The van der Waals surface area contributed by atoms with E-state index in [1.165, 1.54) is 5.56 Å². The normalized spacial score (nSPS) is 17.2. The highest BCUT2D eigenvalue weighted by Gasteiger charge is 2.24. The molecule has 0 radical (unpaired) electrons. The zero-order valence-corrected chi connectivity index (χ0v) is 18.6. The first kappa shape index (κ1) is 23.0. The molecule has 1 saturated heterocycles. The van der Waals surface area contributed by atoms with E-state index >= 15 is 0 Å². The molecule has 0 amide bonds. The van der Waals surface area contributed by atoms with Crippen LogP contribution in [0.15, 0.2) is 23.2 Å². The van der Waals surface area contributed by atoms with Crippen molar-refractivity contribution in [1.82, 2.24) is 10.2 Å². The third-order valence-electron chi connectivity index (χ3n) is 4.49. The van der Waals surface area contributed by atoms with Gasteiger partial charge < -0.3 is 24.4 Å². The largest absolute Gasteiger partial charge is 0.496 e. The highest BCUT2D eigenvalue weighted by Crippen LogP contribution is 2.19. The third-order valence-corrected chi connectivity index (χ3v) is 4.49. The van der Waals surface area contributed by atoms with E-state index in [2.05, 4.69) is 34.3 Å². The second kappa shape index (κ2) is 12.3. The highest BCUT2D eigenvalue weighted by atomic mass is 127. The van der Waals surface area contributed by atoms with Crippen LogP contribution in [0.3, 0.4) is 0 Å². The lowest BCUT2D eigenvalue weighted by Crippen LogP contribution is -2.39. The Morgan fingerprint density at radius 2 is 2.12 bits per heavy atom. The minimum absolute atomic E-state index is 0. The van der Waals surface area contributed by atoms with Crippen LogP contribution in [-0.2, 0) is 16.0 Å². The van der Waals surface area contributed by atoms with Crippen LogP contribution in [0.5, 0.6) is 5.75 Å². The standard InChI is InChI=1S/C19H31N3O3.HI/c1-15-11-16(5-6-18(15)24-4)12-21-19(20-2)22-8-7-17(13-22)14-25-10-9-23-3;/h5-6,11,17H,7-10,12-14H2,1-4H3,(H,20,21);1H. The molecule has 0 spiro atoms. The molecule has 0 aliphatic carbocycles. The number of aliphatic imine (C=N–C) groups is 1. The Morgan fingerprint density at radius 3 is 2.77 bits per heavy atom. The fourth-order valence-corrected chi connectivity index (χ4v) is 3.12. The molecule has 7 heteroatoms. The van der Waals surface area contributed by atoms with E-state index in [0.717, 1.165) is 49.9 Å². The number of halogens is 1. The maximum atomic E-state index is 5.66. The molecule has 148 valence electrons. The Morgan fingerprint density at radius 1 is 1.31 bits per heavy atom. The quantitative estimate of drug-likeness (QED) is 0.270. The average molecular weight is 477 g/mol. The number of hydrogen-bond acceptors (Lipinski definition) is 4. The number of methoxy groups -OCH3 is 2. The fraction of sp³-hybridized carbons (Fsp3) is 0.632. The van der Waals surface area contributed by atoms with Crippen molar-refractivity contribution in [2.24, 2.45) is 10.9 Å². The maximum absolute atomic E-state index is 5.66. The highest BCUT2D eigenvalue weighted by molar-refractivity contribution is 14.0. The first-order valence-electron chi connectivity index (χ1n) is 8.83. The minimum atomic E-state index is 0. The lowest BCUT2D eigenvalue weighted by Gasteiger charge is -2.22. The summed E-state index contributed by atoms with van der Waals surface area (Å²) in [5, 5.41) is 3.46. The van der Waals surface area contributed by atoms with Crippen LogP contribution in [0.1, 0.15) is 17.5 Å². The molecule has 2 rings (SSSR count). The molecule has 0 aromatic heterocycles. The van der Waals surface area contributed by atoms with E-state index in [4.69, 9.17) is 14.2 Å². The zero-order chi connectivity index (χ0) is 18.1. The molecule has 1 aromatic rings. The smallest absolute Gasteiger partial charge is 0.193 e. The van der Waals surface area contributed by atoms with E-state index in [0.29, 0.717) is 19.1 Å². The van der Waals surface area contributed by atoms with Gasteiger partial charge in [0.1, 0.15) is 5.75 Å². The number of nitrogens with one attached hydrogen (secondary N) is 1. The lowest BCUT2D eigenvalue weighted by atomic mass is 10.1. The lowest BCUT2D eigenvalue weighted by molar-refractivity contribution is 0.0536. The van der Waals surface area contributed by atoms with Crippen LogP contribution in [0.25, 0.3) is 0 Å². The fourth-order valence-electron chi connectivity index (χ4n) is 3.12. The number of nitrogens with zero attached hydrogens (tertiary/aromatic N) is 2. The molecule has 26 heavy (non-hydrogen) atoms. The molecule has 1 aliphatic heterocycles. The van der Waals surface area contributed by atoms with Gasteiger partial charge >= 0.3 is 0 Å². The summed E-state index contributed by atoms with van der Waals surface area (Å²) in [6.45, 7) is 6.91. The summed E-state index contributed by atoms with van der Waals surface area (Å²) in [6.07, 6.45) is 1.13.